The summed E-state index contributed by atoms with van der Waals surface area (Å²) in [5.74, 6) is -1.26. The zero-order valence-corrected chi connectivity index (χ0v) is 12.4. The summed E-state index contributed by atoms with van der Waals surface area (Å²) in [6, 6.07) is 0. The van der Waals surface area contributed by atoms with Crippen molar-refractivity contribution in [2.75, 3.05) is 27.7 Å². The fourth-order valence-electron chi connectivity index (χ4n) is 1.72. The first-order valence-corrected chi connectivity index (χ1v) is 6.57. The number of unbranched alkanes of at least 4 members (excludes halogenated alkanes) is 1. The molecule has 0 aliphatic heterocycles. The summed E-state index contributed by atoms with van der Waals surface area (Å²) in [6.07, 6.45) is 5.13. The van der Waals surface area contributed by atoms with Gasteiger partial charge in [0.25, 0.3) is 0 Å². The highest BCUT2D eigenvalue weighted by Crippen LogP contribution is 2.08. The number of hydrogen-bond donors (Lipinski definition) is 1. The largest absolute Gasteiger partial charge is 0.481 e. The van der Waals surface area contributed by atoms with Gasteiger partial charge in [-0.05, 0) is 19.8 Å². The summed E-state index contributed by atoms with van der Waals surface area (Å²) >= 11 is 0. The van der Waals surface area contributed by atoms with E-state index in [0.717, 1.165) is 12.8 Å². The van der Waals surface area contributed by atoms with Crippen molar-refractivity contribution in [1.29, 1.82) is 0 Å². The molecule has 1 unspecified atom stereocenters. The van der Waals surface area contributed by atoms with Crippen LogP contribution in [0.15, 0.2) is 12.2 Å². The molecule has 5 heteroatoms. The van der Waals surface area contributed by atoms with Crippen molar-refractivity contribution in [1.82, 2.24) is 0 Å². The van der Waals surface area contributed by atoms with Crippen LogP contribution in [0.1, 0.15) is 32.6 Å². The van der Waals surface area contributed by atoms with Crippen LogP contribution in [-0.2, 0) is 14.3 Å². The van der Waals surface area contributed by atoms with Crippen molar-refractivity contribution in [2.24, 2.45) is 0 Å². The average molecular weight is 272 g/mol. The first-order chi connectivity index (χ1) is 8.74. The zero-order chi connectivity index (χ0) is 14.9. The Morgan fingerprint density at radius 3 is 2.42 bits per heavy atom. The average Bonchev–Trinajstić information content (AvgIpc) is 2.20. The minimum absolute atomic E-state index is 0.143. The Balaban J connectivity index is 4.22. The van der Waals surface area contributed by atoms with E-state index in [-0.39, 0.29) is 12.4 Å². The maximum Gasteiger partial charge on any atom is 0.307 e. The molecule has 0 bridgehead atoms. The number of carboxylic acids is 1. The predicted octanol–water partition coefficient (Wildman–Crippen LogP) is 1.83. The van der Waals surface area contributed by atoms with Crippen LogP contribution >= 0.6 is 0 Å². The van der Waals surface area contributed by atoms with E-state index in [1.165, 1.54) is 0 Å². The topological polar surface area (TPSA) is 63.6 Å². The molecule has 0 aliphatic carbocycles. The van der Waals surface area contributed by atoms with Crippen molar-refractivity contribution >= 4 is 11.9 Å². The maximum absolute atomic E-state index is 11.6. The highest BCUT2D eigenvalue weighted by Gasteiger charge is 2.24. The van der Waals surface area contributed by atoms with E-state index < -0.39 is 12.1 Å². The number of rotatable bonds is 9. The van der Waals surface area contributed by atoms with E-state index in [9.17, 15) is 9.59 Å². The van der Waals surface area contributed by atoms with Gasteiger partial charge < -0.3 is 14.3 Å². The van der Waals surface area contributed by atoms with Gasteiger partial charge in [-0.1, -0.05) is 12.2 Å². The van der Waals surface area contributed by atoms with Crippen molar-refractivity contribution < 1.29 is 23.9 Å². The second-order valence-corrected chi connectivity index (χ2v) is 5.64. The molecule has 0 aromatic rings. The molecule has 0 amide bonds. The van der Waals surface area contributed by atoms with Crippen molar-refractivity contribution in [2.45, 2.75) is 38.7 Å². The molecular weight excluding hydrogens is 246 g/mol. The van der Waals surface area contributed by atoms with Crippen LogP contribution in [0.2, 0.25) is 0 Å². The number of hydrogen-bond acceptors (Lipinski definition) is 3. The lowest BCUT2D eigenvalue weighted by atomic mass is 10.2. The molecule has 0 aliphatic rings. The van der Waals surface area contributed by atoms with E-state index in [2.05, 4.69) is 0 Å². The van der Waals surface area contributed by atoms with Crippen LogP contribution in [-0.4, -0.2) is 55.3 Å². The van der Waals surface area contributed by atoms with Crippen molar-refractivity contribution in [3.8, 4) is 0 Å². The van der Waals surface area contributed by atoms with Gasteiger partial charge in [-0.25, -0.2) is 0 Å². The number of allylic oxidation sites excluding steroid dienone is 2. The first kappa shape index (κ1) is 17.6. The molecule has 0 rings (SSSR count). The Morgan fingerprint density at radius 1 is 1.32 bits per heavy atom. The number of likely N-dealkylation sites (N-methyl/N-ethyl adjacent to an activating group) is 1. The SMILES string of the molecule is C/C=C/CCCC(=O)OC(CC(=O)O)C[N+](C)(C)C. The fourth-order valence-corrected chi connectivity index (χ4v) is 1.72. The van der Waals surface area contributed by atoms with E-state index in [0.29, 0.717) is 17.4 Å². The fraction of sp³-hybridized carbons (Fsp3) is 0.714. The van der Waals surface area contributed by atoms with Gasteiger partial charge in [-0.3, -0.25) is 9.59 Å². The summed E-state index contributed by atoms with van der Waals surface area (Å²) in [5, 5.41) is 8.83. The summed E-state index contributed by atoms with van der Waals surface area (Å²) in [7, 11) is 5.82. The highest BCUT2D eigenvalue weighted by atomic mass is 16.5. The lowest BCUT2D eigenvalue weighted by Crippen LogP contribution is -2.43. The predicted molar refractivity (Wildman–Crippen MR) is 73.7 cm³/mol. The van der Waals surface area contributed by atoms with Crippen LogP contribution in [0.4, 0.5) is 0 Å². The molecule has 19 heavy (non-hydrogen) atoms. The van der Waals surface area contributed by atoms with Crippen LogP contribution in [0.5, 0.6) is 0 Å². The van der Waals surface area contributed by atoms with E-state index in [4.69, 9.17) is 9.84 Å². The Labute approximate surface area is 115 Å². The Bertz CT molecular complexity index is 318. The molecule has 0 spiro atoms. The van der Waals surface area contributed by atoms with Crippen molar-refractivity contribution in [3.63, 3.8) is 0 Å². The van der Waals surface area contributed by atoms with Gasteiger partial charge in [-0.2, -0.15) is 0 Å². The van der Waals surface area contributed by atoms with Gasteiger partial charge in [0, 0.05) is 6.42 Å². The minimum atomic E-state index is -0.944. The minimum Gasteiger partial charge on any atom is -0.481 e. The van der Waals surface area contributed by atoms with E-state index >= 15 is 0 Å². The second-order valence-electron chi connectivity index (χ2n) is 5.64. The molecule has 0 aromatic carbocycles. The molecule has 0 heterocycles. The normalized spacial score (nSPS) is 13.5. The third kappa shape index (κ3) is 11.5. The van der Waals surface area contributed by atoms with Gasteiger partial charge in [0.2, 0.25) is 0 Å². The number of esters is 1. The number of quaternary nitrogens is 1. The van der Waals surface area contributed by atoms with Crippen LogP contribution < -0.4 is 0 Å². The molecule has 1 atom stereocenters. The van der Waals surface area contributed by atoms with Crippen molar-refractivity contribution in [3.05, 3.63) is 12.2 Å². The molecule has 110 valence electrons. The van der Waals surface area contributed by atoms with Gasteiger partial charge in [0.1, 0.15) is 6.54 Å². The maximum atomic E-state index is 11.6. The monoisotopic (exact) mass is 272 g/mol. The number of aliphatic carboxylic acids is 1. The molecule has 0 saturated heterocycles. The Morgan fingerprint density at radius 2 is 1.95 bits per heavy atom. The number of carbonyl (C=O) groups is 2. The van der Waals surface area contributed by atoms with Gasteiger partial charge in [0.05, 0.1) is 27.6 Å². The third-order valence-corrected chi connectivity index (χ3v) is 2.44. The highest BCUT2D eigenvalue weighted by molar-refractivity contribution is 5.71. The van der Waals surface area contributed by atoms with Gasteiger partial charge in [0.15, 0.2) is 6.10 Å². The van der Waals surface area contributed by atoms with Crippen LogP contribution in [0.25, 0.3) is 0 Å². The molecule has 0 radical (unpaired) electrons. The molecule has 0 aromatic heterocycles. The van der Waals surface area contributed by atoms with Crippen LogP contribution in [0.3, 0.4) is 0 Å². The van der Waals surface area contributed by atoms with Gasteiger partial charge in [-0.15, -0.1) is 0 Å². The third-order valence-electron chi connectivity index (χ3n) is 2.44. The van der Waals surface area contributed by atoms with E-state index in [1.807, 2.05) is 40.2 Å². The second kappa shape index (κ2) is 8.69. The lowest BCUT2D eigenvalue weighted by Gasteiger charge is -2.28. The summed E-state index contributed by atoms with van der Waals surface area (Å²) < 4.78 is 5.82. The van der Waals surface area contributed by atoms with Gasteiger partial charge >= 0.3 is 11.9 Å². The number of carboxylic acid groups (broad SMARTS) is 1. The Kier molecular flexibility index (Phi) is 8.07. The summed E-state index contributed by atoms with van der Waals surface area (Å²) in [6.45, 7) is 2.43. The molecular formula is C14H26NO4+. The number of nitrogens with zero attached hydrogens (tertiary/aromatic N) is 1. The standard InChI is InChI=1S/C14H25NO4/c1-5-6-7-8-9-14(18)19-12(10-13(16)17)11-15(2,3)4/h5-6,12H,7-11H2,1-4H3/p+1/b6-5+. The molecule has 5 nitrogen and oxygen atoms in total. The van der Waals surface area contributed by atoms with E-state index in [1.54, 1.807) is 0 Å². The summed E-state index contributed by atoms with van der Waals surface area (Å²) in [4.78, 5) is 22.4. The molecule has 0 fully saturated rings. The molecule has 0 saturated carbocycles. The zero-order valence-electron chi connectivity index (χ0n) is 12.4. The Hall–Kier alpha value is -1.36. The van der Waals surface area contributed by atoms with Crippen LogP contribution in [0, 0.1) is 0 Å². The first-order valence-electron chi connectivity index (χ1n) is 6.57. The molecule has 1 N–H and O–H groups in total. The smallest absolute Gasteiger partial charge is 0.307 e. The number of carbonyl (C=O) groups excluding carboxylic acids is 1. The number of ether oxygens (including phenoxy) is 1. The lowest BCUT2D eigenvalue weighted by molar-refractivity contribution is -0.873. The summed E-state index contributed by atoms with van der Waals surface area (Å²) in [5.41, 5.74) is 0. The quantitative estimate of drug-likeness (QED) is 0.301.